The lowest BCUT2D eigenvalue weighted by atomic mass is 9.95. The fourth-order valence-corrected chi connectivity index (χ4v) is 3.43. The summed E-state index contributed by atoms with van der Waals surface area (Å²) in [5.41, 5.74) is 1.42. The predicted octanol–water partition coefficient (Wildman–Crippen LogP) is 1.12. The molecular weight excluding hydrogens is 398 g/mol. The molecule has 1 aliphatic rings. The molecule has 2 N–H and O–H groups in total. The number of likely N-dealkylation sites (N-methyl/N-ethyl adjacent to an activating group) is 1. The van der Waals surface area contributed by atoms with Crippen LogP contribution in [0.4, 0.5) is 0 Å². The van der Waals surface area contributed by atoms with Crippen LogP contribution < -0.4 is 10.6 Å². The van der Waals surface area contributed by atoms with Crippen LogP contribution in [0.5, 0.6) is 0 Å². The Morgan fingerprint density at radius 1 is 1.23 bits per heavy atom. The molecule has 31 heavy (non-hydrogen) atoms. The molecule has 0 saturated carbocycles. The van der Waals surface area contributed by atoms with Crippen molar-refractivity contribution in [2.45, 2.75) is 38.9 Å². The summed E-state index contributed by atoms with van der Waals surface area (Å²) in [6.45, 7) is 5.20. The van der Waals surface area contributed by atoms with E-state index in [1.165, 1.54) is 15.6 Å². The molecule has 1 atom stereocenters. The first-order valence-corrected chi connectivity index (χ1v) is 10.2. The molecule has 3 rings (SSSR count). The van der Waals surface area contributed by atoms with Crippen molar-refractivity contribution in [1.82, 2.24) is 25.3 Å². The molecule has 9 heteroatoms. The number of carbonyl (C=O) groups excluding carboxylic acids is 3. The van der Waals surface area contributed by atoms with Crippen molar-refractivity contribution in [2.75, 3.05) is 27.3 Å². The second-order valence-corrected chi connectivity index (χ2v) is 7.98. The molecule has 1 aliphatic heterocycles. The molecule has 1 aromatic heterocycles. The summed E-state index contributed by atoms with van der Waals surface area (Å²) in [5.74, 6) is -1.00. The number of fused-ring (bicyclic) bond motifs is 1. The lowest BCUT2D eigenvalue weighted by molar-refractivity contribution is -0.132. The molecule has 2 aromatic rings. The normalized spacial score (nSPS) is 17.9. The number of methoxy groups -OCH3 is 1. The highest BCUT2D eigenvalue weighted by molar-refractivity contribution is 6.01. The van der Waals surface area contributed by atoms with Gasteiger partial charge in [-0.3, -0.25) is 19.1 Å². The number of nitrogens with one attached hydrogen (secondary N) is 2. The van der Waals surface area contributed by atoms with E-state index in [1.807, 2.05) is 31.2 Å². The second-order valence-electron chi connectivity index (χ2n) is 7.98. The minimum absolute atomic E-state index is 0.151. The maximum absolute atomic E-state index is 13.0. The standard InChI is InChI=1S/C22H29N5O4/c1-15-6-8-16(9-7-15)13-24-21(30)22(2)14-27-18(20(29)26(22)3)12-17(25-27)19(28)23-10-5-11-31-4/h6-9,12H,5,10-11,13-14H2,1-4H3,(H,23,28)(H,24,30). The van der Waals surface area contributed by atoms with Crippen molar-refractivity contribution in [3.63, 3.8) is 0 Å². The number of nitrogens with zero attached hydrogens (tertiary/aromatic N) is 3. The van der Waals surface area contributed by atoms with Gasteiger partial charge >= 0.3 is 0 Å². The molecule has 1 unspecified atom stereocenters. The van der Waals surface area contributed by atoms with Gasteiger partial charge in [0.1, 0.15) is 11.2 Å². The molecule has 0 bridgehead atoms. The number of benzene rings is 1. The van der Waals surface area contributed by atoms with Gasteiger partial charge in [0, 0.05) is 39.9 Å². The van der Waals surface area contributed by atoms with Gasteiger partial charge in [0.2, 0.25) is 5.91 Å². The number of carbonyl (C=O) groups is 3. The van der Waals surface area contributed by atoms with Crippen LogP contribution in [-0.4, -0.2) is 65.2 Å². The van der Waals surface area contributed by atoms with E-state index >= 15 is 0 Å². The molecule has 9 nitrogen and oxygen atoms in total. The summed E-state index contributed by atoms with van der Waals surface area (Å²) in [5, 5.41) is 9.96. The number of hydrogen-bond donors (Lipinski definition) is 2. The maximum atomic E-state index is 13.0. The number of ether oxygens (including phenoxy) is 1. The third-order valence-electron chi connectivity index (χ3n) is 5.61. The molecule has 0 aliphatic carbocycles. The van der Waals surface area contributed by atoms with E-state index in [0.29, 0.717) is 26.1 Å². The summed E-state index contributed by atoms with van der Waals surface area (Å²) in [4.78, 5) is 39.7. The van der Waals surface area contributed by atoms with Crippen LogP contribution in [0, 0.1) is 6.92 Å². The number of hydrogen-bond acceptors (Lipinski definition) is 5. The van der Waals surface area contributed by atoms with Gasteiger partial charge in [-0.1, -0.05) is 29.8 Å². The number of rotatable bonds is 8. The van der Waals surface area contributed by atoms with Crippen molar-refractivity contribution in [1.29, 1.82) is 0 Å². The van der Waals surface area contributed by atoms with Crippen LogP contribution in [0.3, 0.4) is 0 Å². The van der Waals surface area contributed by atoms with Crippen molar-refractivity contribution in [3.05, 3.63) is 52.8 Å². The average Bonchev–Trinajstić information content (AvgIpc) is 3.18. The lowest BCUT2D eigenvalue weighted by Crippen LogP contribution is -2.62. The van der Waals surface area contributed by atoms with Gasteiger partial charge in [-0.05, 0) is 25.8 Å². The van der Waals surface area contributed by atoms with Crippen molar-refractivity contribution in [3.8, 4) is 0 Å². The quantitative estimate of drug-likeness (QED) is 0.614. The maximum Gasteiger partial charge on any atom is 0.272 e. The van der Waals surface area contributed by atoms with E-state index < -0.39 is 5.54 Å². The lowest BCUT2D eigenvalue weighted by Gasteiger charge is -2.40. The van der Waals surface area contributed by atoms with Crippen molar-refractivity contribution < 1.29 is 19.1 Å². The van der Waals surface area contributed by atoms with Crippen molar-refractivity contribution in [2.24, 2.45) is 0 Å². The van der Waals surface area contributed by atoms with Crippen LogP contribution >= 0.6 is 0 Å². The zero-order valence-corrected chi connectivity index (χ0v) is 18.4. The monoisotopic (exact) mass is 427 g/mol. The van der Waals surface area contributed by atoms with E-state index in [0.717, 1.165) is 11.1 Å². The van der Waals surface area contributed by atoms with Crippen LogP contribution in [-0.2, 0) is 22.6 Å². The minimum Gasteiger partial charge on any atom is -0.385 e. The summed E-state index contributed by atoms with van der Waals surface area (Å²) >= 11 is 0. The summed E-state index contributed by atoms with van der Waals surface area (Å²) < 4.78 is 6.40. The van der Waals surface area contributed by atoms with E-state index in [1.54, 1.807) is 21.1 Å². The number of aryl methyl sites for hydroxylation is 1. The first kappa shape index (κ1) is 22.5. The number of amides is 3. The van der Waals surface area contributed by atoms with Gasteiger partial charge in [0.05, 0.1) is 6.54 Å². The van der Waals surface area contributed by atoms with Crippen LogP contribution in [0.15, 0.2) is 30.3 Å². The molecule has 3 amide bonds. The first-order chi connectivity index (χ1) is 14.8. The minimum atomic E-state index is -1.13. The van der Waals surface area contributed by atoms with Crippen LogP contribution in [0.25, 0.3) is 0 Å². The molecule has 0 fully saturated rings. The first-order valence-electron chi connectivity index (χ1n) is 10.2. The topological polar surface area (TPSA) is 106 Å². The fraction of sp³-hybridized carbons (Fsp3) is 0.455. The van der Waals surface area contributed by atoms with Gasteiger partial charge in [-0.2, -0.15) is 5.10 Å². The van der Waals surface area contributed by atoms with Gasteiger partial charge in [0.15, 0.2) is 5.69 Å². The largest absolute Gasteiger partial charge is 0.385 e. The summed E-state index contributed by atoms with van der Waals surface area (Å²) in [6.07, 6.45) is 0.677. The zero-order valence-electron chi connectivity index (χ0n) is 18.4. The van der Waals surface area contributed by atoms with Gasteiger partial charge in [-0.15, -0.1) is 0 Å². The molecule has 0 radical (unpaired) electrons. The Morgan fingerprint density at radius 3 is 2.61 bits per heavy atom. The predicted molar refractivity (Wildman–Crippen MR) is 115 cm³/mol. The Kier molecular flexibility index (Phi) is 6.74. The smallest absolute Gasteiger partial charge is 0.272 e. The Balaban J connectivity index is 1.71. The van der Waals surface area contributed by atoms with E-state index in [-0.39, 0.29) is 35.7 Å². The third kappa shape index (κ3) is 4.77. The fourth-order valence-electron chi connectivity index (χ4n) is 3.43. The Labute approximate surface area is 181 Å². The van der Waals surface area contributed by atoms with E-state index in [2.05, 4.69) is 15.7 Å². The SMILES string of the molecule is COCCCNC(=O)c1cc2n(n1)CC(C)(C(=O)NCc1ccc(C)cc1)N(C)C2=O. The molecule has 0 saturated heterocycles. The Morgan fingerprint density at radius 2 is 1.94 bits per heavy atom. The number of aromatic nitrogens is 2. The summed E-state index contributed by atoms with van der Waals surface area (Å²) in [7, 11) is 3.19. The molecule has 166 valence electrons. The molecule has 2 heterocycles. The Hall–Kier alpha value is -3.20. The van der Waals surface area contributed by atoms with Crippen LogP contribution in [0.1, 0.15) is 45.4 Å². The Bertz CT molecular complexity index is 969. The van der Waals surface area contributed by atoms with Gasteiger partial charge < -0.3 is 20.3 Å². The van der Waals surface area contributed by atoms with Crippen molar-refractivity contribution >= 4 is 17.7 Å². The van der Waals surface area contributed by atoms with Crippen LogP contribution in [0.2, 0.25) is 0 Å². The van der Waals surface area contributed by atoms with Gasteiger partial charge in [0.25, 0.3) is 11.8 Å². The molecule has 1 aromatic carbocycles. The van der Waals surface area contributed by atoms with Gasteiger partial charge in [-0.25, -0.2) is 0 Å². The average molecular weight is 428 g/mol. The van der Waals surface area contributed by atoms with E-state index in [4.69, 9.17) is 4.74 Å². The second kappa shape index (κ2) is 9.30. The molecule has 0 spiro atoms. The van der Waals surface area contributed by atoms with E-state index in [9.17, 15) is 14.4 Å². The zero-order chi connectivity index (χ0) is 22.6. The third-order valence-corrected chi connectivity index (χ3v) is 5.61. The highest BCUT2D eigenvalue weighted by Gasteiger charge is 2.46. The molecular formula is C22H29N5O4. The highest BCUT2D eigenvalue weighted by Crippen LogP contribution is 2.26. The highest BCUT2D eigenvalue weighted by atomic mass is 16.5. The summed E-state index contributed by atoms with van der Waals surface area (Å²) in [6, 6.07) is 9.34.